The number of hydrogen-bond acceptors (Lipinski definition) is 4. The van der Waals surface area contributed by atoms with Crippen molar-refractivity contribution in [1.82, 2.24) is 5.43 Å². The molecule has 2 N–H and O–H groups in total. The van der Waals surface area contributed by atoms with E-state index in [1.165, 1.54) is 6.21 Å². The Balaban J connectivity index is 1.90. The summed E-state index contributed by atoms with van der Waals surface area (Å²) in [7, 11) is 0. The van der Waals surface area contributed by atoms with Crippen LogP contribution in [0.25, 0.3) is 0 Å². The molecule has 2 amide bonds. The van der Waals surface area contributed by atoms with Gasteiger partial charge in [-0.15, -0.1) is 0 Å². The SMILES string of the molecule is C=CCOc1cccc(/C=N\NC(=O)C(=O)Nc2ccccc2C)c1. The van der Waals surface area contributed by atoms with Crippen molar-refractivity contribution >= 4 is 23.7 Å². The van der Waals surface area contributed by atoms with Crippen LogP contribution < -0.4 is 15.5 Å². The fourth-order valence-corrected chi connectivity index (χ4v) is 1.95. The van der Waals surface area contributed by atoms with Crippen molar-refractivity contribution in [1.29, 1.82) is 0 Å². The fraction of sp³-hybridized carbons (Fsp3) is 0.105. The number of rotatable bonds is 6. The van der Waals surface area contributed by atoms with Crippen molar-refractivity contribution in [3.63, 3.8) is 0 Å². The quantitative estimate of drug-likeness (QED) is 0.368. The van der Waals surface area contributed by atoms with Gasteiger partial charge in [0.1, 0.15) is 12.4 Å². The average molecular weight is 337 g/mol. The first-order valence-corrected chi connectivity index (χ1v) is 7.64. The van der Waals surface area contributed by atoms with Crippen molar-refractivity contribution in [3.8, 4) is 5.75 Å². The number of carbonyl (C=O) groups excluding carboxylic acids is 2. The lowest BCUT2D eigenvalue weighted by atomic mass is 10.2. The molecule has 0 bridgehead atoms. The van der Waals surface area contributed by atoms with Crippen molar-refractivity contribution in [3.05, 3.63) is 72.3 Å². The molecule has 2 rings (SSSR count). The molecule has 0 aliphatic carbocycles. The third-order valence-corrected chi connectivity index (χ3v) is 3.21. The number of ether oxygens (including phenoxy) is 1. The van der Waals surface area contributed by atoms with Crippen molar-refractivity contribution < 1.29 is 14.3 Å². The molecule has 0 saturated heterocycles. The number of nitrogens with one attached hydrogen (secondary N) is 2. The molecule has 0 saturated carbocycles. The minimum Gasteiger partial charge on any atom is -0.490 e. The highest BCUT2D eigenvalue weighted by Gasteiger charge is 2.13. The van der Waals surface area contributed by atoms with Crippen LogP contribution in [0.2, 0.25) is 0 Å². The molecule has 0 fully saturated rings. The van der Waals surface area contributed by atoms with Crippen LogP contribution in [0.1, 0.15) is 11.1 Å². The first-order valence-electron chi connectivity index (χ1n) is 7.64. The van der Waals surface area contributed by atoms with Crippen molar-refractivity contribution in [2.75, 3.05) is 11.9 Å². The first-order chi connectivity index (χ1) is 12.1. The maximum absolute atomic E-state index is 11.9. The van der Waals surface area contributed by atoms with E-state index in [1.807, 2.05) is 19.1 Å². The number of hydrazone groups is 1. The number of carbonyl (C=O) groups is 2. The molecule has 0 aliphatic heterocycles. The third kappa shape index (κ3) is 5.62. The zero-order valence-corrected chi connectivity index (χ0v) is 13.9. The molecule has 25 heavy (non-hydrogen) atoms. The molecule has 2 aromatic carbocycles. The smallest absolute Gasteiger partial charge is 0.329 e. The van der Waals surface area contributed by atoms with Crippen LogP contribution in [0.15, 0.2) is 66.3 Å². The lowest BCUT2D eigenvalue weighted by Crippen LogP contribution is -2.32. The third-order valence-electron chi connectivity index (χ3n) is 3.21. The molecule has 0 unspecified atom stereocenters. The molecule has 0 heterocycles. The summed E-state index contributed by atoms with van der Waals surface area (Å²) in [5.74, 6) is -0.972. The fourth-order valence-electron chi connectivity index (χ4n) is 1.95. The lowest BCUT2D eigenvalue weighted by Gasteiger charge is -2.06. The van der Waals surface area contributed by atoms with Gasteiger partial charge in [0.15, 0.2) is 0 Å². The van der Waals surface area contributed by atoms with Gasteiger partial charge in [-0.1, -0.05) is 43.0 Å². The number of nitrogens with zero attached hydrogens (tertiary/aromatic N) is 1. The first kappa shape index (κ1) is 17.9. The van der Waals surface area contributed by atoms with Gasteiger partial charge in [-0.25, -0.2) is 5.43 Å². The van der Waals surface area contributed by atoms with Crippen LogP contribution in [0.5, 0.6) is 5.75 Å². The summed E-state index contributed by atoms with van der Waals surface area (Å²) >= 11 is 0. The molecule has 0 atom stereocenters. The predicted molar refractivity (Wildman–Crippen MR) is 97.7 cm³/mol. The lowest BCUT2D eigenvalue weighted by molar-refractivity contribution is -0.136. The molecular formula is C19H19N3O3. The van der Waals surface area contributed by atoms with Gasteiger partial charge in [-0.05, 0) is 36.2 Å². The maximum Gasteiger partial charge on any atom is 0.329 e. The molecule has 0 aliphatic rings. The second kappa shape index (κ2) is 9.02. The van der Waals surface area contributed by atoms with Crippen molar-refractivity contribution in [2.24, 2.45) is 5.10 Å². The Labute approximate surface area is 146 Å². The van der Waals surface area contributed by atoms with Crippen molar-refractivity contribution in [2.45, 2.75) is 6.92 Å². The molecule has 6 nitrogen and oxygen atoms in total. The monoisotopic (exact) mass is 337 g/mol. The standard InChI is InChI=1S/C19H19N3O3/c1-3-11-25-16-9-6-8-15(12-16)13-20-22-19(24)18(23)21-17-10-5-4-7-14(17)2/h3-10,12-13H,1,11H2,2H3,(H,21,23)(H,22,24)/b20-13-. The molecule has 128 valence electrons. The van der Waals surface area contributed by atoms with Crippen LogP contribution in [0.4, 0.5) is 5.69 Å². The highest BCUT2D eigenvalue weighted by molar-refractivity contribution is 6.39. The molecule has 0 aromatic heterocycles. The molecule has 6 heteroatoms. The summed E-state index contributed by atoms with van der Waals surface area (Å²) < 4.78 is 5.41. The summed E-state index contributed by atoms with van der Waals surface area (Å²) in [6, 6.07) is 14.3. The summed E-state index contributed by atoms with van der Waals surface area (Å²) in [5, 5.41) is 6.32. The minimum absolute atomic E-state index is 0.399. The number of hydrogen-bond donors (Lipinski definition) is 2. The van der Waals surface area contributed by atoms with E-state index < -0.39 is 11.8 Å². The number of amides is 2. The van der Waals surface area contributed by atoms with Crippen LogP contribution in [-0.4, -0.2) is 24.6 Å². The Kier molecular flexibility index (Phi) is 6.47. The van der Waals surface area contributed by atoms with Crippen LogP contribution >= 0.6 is 0 Å². The number of aryl methyl sites for hydroxylation is 1. The van der Waals surface area contributed by atoms with E-state index in [-0.39, 0.29) is 0 Å². The zero-order chi connectivity index (χ0) is 18.1. The normalized spacial score (nSPS) is 10.3. The van der Waals surface area contributed by atoms with E-state index in [1.54, 1.807) is 42.5 Å². The van der Waals surface area contributed by atoms with Gasteiger partial charge in [0.05, 0.1) is 6.21 Å². The van der Waals surface area contributed by atoms with E-state index >= 15 is 0 Å². The highest BCUT2D eigenvalue weighted by atomic mass is 16.5. The van der Waals surface area contributed by atoms with Gasteiger partial charge < -0.3 is 10.1 Å². The van der Waals surface area contributed by atoms with Crippen LogP contribution in [-0.2, 0) is 9.59 Å². The molecule has 0 radical (unpaired) electrons. The Morgan fingerprint density at radius 1 is 1.16 bits per heavy atom. The predicted octanol–water partition coefficient (Wildman–Crippen LogP) is 2.65. The molecule has 0 spiro atoms. The molecular weight excluding hydrogens is 318 g/mol. The Morgan fingerprint density at radius 2 is 1.96 bits per heavy atom. The minimum atomic E-state index is -0.849. The second-order valence-corrected chi connectivity index (χ2v) is 5.14. The Hall–Kier alpha value is -3.41. The van der Waals surface area contributed by atoms with Crippen LogP contribution in [0, 0.1) is 6.92 Å². The number of anilines is 1. The van der Waals surface area contributed by atoms with Gasteiger partial charge in [-0.3, -0.25) is 9.59 Å². The largest absolute Gasteiger partial charge is 0.490 e. The van der Waals surface area contributed by atoms with E-state index in [4.69, 9.17) is 4.74 Å². The summed E-state index contributed by atoms with van der Waals surface area (Å²) in [6.07, 6.45) is 3.08. The Morgan fingerprint density at radius 3 is 2.72 bits per heavy atom. The molecule has 2 aromatic rings. The van der Waals surface area contributed by atoms with Gasteiger partial charge in [0.2, 0.25) is 0 Å². The Bertz CT molecular complexity index is 800. The number of benzene rings is 2. The van der Waals surface area contributed by atoms with Gasteiger partial charge in [0, 0.05) is 5.69 Å². The van der Waals surface area contributed by atoms with Gasteiger partial charge >= 0.3 is 11.8 Å². The van der Waals surface area contributed by atoms with E-state index in [2.05, 4.69) is 22.4 Å². The second-order valence-electron chi connectivity index (χ2n) is 5.14. The zero-order valence-electron chi connectivity index (χ0n) is 13.9. The van der Waals surface area contributed by atoms with Crippen LogP contribution in [0.3, 0.4) is 0 Å². The summed E-state index contributed by atoms with van der Waals surface area (Å²) in [4.78, 5) is 23.6. The highest BCUT2D eigenvalue weighted by Crippen LogP contribution is 2.13. The van der Waals surface area contributed by atoms with Gasteiger partial charge in [0.25, 0.3) is 0 Å². The summed E-state index contributed by atoms with van der Waals surface area (Å²) in [5.41, 5.74) is 4.36. The number of para-hydroxylation sites is 1. The van der Waals surface area contributed by atoms with E-state index in [0.29, 0.717) is 18.0 Å². The maximum atomic E-state index is 11.9. The van der Waals surface area contributed by atoms with E-state index in [9.17, 15) is 9.59 Å². The topological polar surface area (TPSA) is 79.8 Å². The summed E-state index contributed by atoms with van der Waals surface area (Å²) in [6.45, 7) is 5.82. The average Bonchev–Trinajstić information content (AvgIpc) is 2.62. The van der Waals surface area contributed by atoms with Gasteiger partial charge in [-0.2, -0.15) is 5.10 Å². The van der Waals surface area contributed by atoms with E-state index in [0.717, 1.165) is 11.1 Å².